The van der Waals surface area contributed by atoms with Gasteiger partial charge in [-0.25, -0.2) is 0 Å². The van der Waals surface area contributed by atoms with Gasteiger partial charge >= 0.3 is 0 Å². The molecule has 0 unspecified atom stereocenters. The van der Waals surface area contributed by atoms with Gasteiger partial charge in [-0.05, 0) is 55.8 Å². The Hall–Kier alpha value is -2.20. The molecule has 2 aromatic rings. The molecular formula is C18H20ClNO3. The Morgan fingerprint density at radius 3 is 2.48 bits per heavy atom. The molecule has 0 aromatic heterocycles. The molecule has 0 saturated heterocycles. The van der Waals surface area contributed by atoms with Gasteiger partial charge in [-0.15, -0.1) is 0 Å². The molecule has 0 aliphatic heterocycles. The Balaban J connectivity index is 1.99. The number of rotatable bonds is 7. The van der Waals surface area contributed by atoms with Crippen molar-refractivity contribution in [2.24, 2.45) is 0 Å². The second-order valence-electron chi connectivity index (χ2n) is 4.92. The Morgan fingerprint density at radius 1 is 1.13 bits per heavy atom. The van der Waals surface area contributed by atoms with Gasteiger partial charge < -0.3 is 14.8 Å². The summed E-state index contributed by atoms with van der Waals surface area (Å²) in [5.74, 6) is 1.15. The minimum absolute atomic E-state index is 0.198. The normalized spacial score (nSPS) is 11.6. The van der Waals surface area contributed by atoms with Crippen molar-refractivity contribution in [3.05, 3.63) is 53.6 Å². The van der Waals surface area contributed by atoms with Crippen LogP contribution in [-0.2, 0) is 4.79 Å². The molecule has 0 bridgehead atoms. The summed E-state index contributed by atoms with van der Waals surface area (Å²) >= 11 is 5.93. The number of benzene rings is 2. The highest BCUT2D eigenvalue weighted by Crippen LogP contribution is 2.20. The van der Waals surface area contributed by atoms with E-state index in [1.54, 1.807) is 36.4 Å². The lowest BCUT2D eigenvalue weighted by Crippen LogP contribution is -2.32. The van der Waals surface area contributed by atoms with E-state index in [1.165, 1.54) is 0 Å². The van der Waals surface area contributed by atoms with Crippen LogP contribution in [0.2, 0.25) is 5.02 Å². The fraction of sp³-hybridized carbons (Fsp3) is 0.278. The molecule has 0 saturated carbocycles. The summed E-state index contributed by atoms with van der Waals surface area (Å²) in [6.07, 6.45) is -0.0323. The van der Waals surface area contributed by atoms with Gasteiger partial charge in [0, 0.05) is 10.7 Å². The van der Waals surface area contributed by atoms with Crippen molar-refractivity contribution >= 4 is 23.2 Å². The Kier molecular flexibility index (Phi) is 6.29. The molecular weight excluding hydrogens is 314 g/mol. The summed E-state index contributed by atoms with van der Waals surface area (Å²) in [5, 5.41) is 3.42. The highest BCUT2D eigenvalue weighted by molar-refractivity contribution is 6.30. The highest BCUT2D eigenvalue weighted by atomic mass is 35.5. The Labute approximate surface area is 141 Å². The Bertz CT molecular complexity index is 643. The van der Waals surface area contributed by atoms with E-state index >= 15 is 0 Å². The smallest absolute Gasteiger partial charge is 0.265 e. The van der Waals surface area contributed by atoms with E-state index in [4.69, 9.17) is 21.1 Å². The van der Waals surface area contributed by atoms with E-state index in [0.29, 0.717) is 29.5 Å². The van der Waals surface area contributed by atoms with Crippen molar-refractivity contribution in [1.29, 1.82) is 0 Å². The van der Waals surface area contributed by atoms with Crippen LogP contribution in [0.25, 0.3) is 0 Å². The Morgan fingerprint density at radius 2 is 1.87 bits per heavy atom. The van der Waals surface area contributed by atoms with Crippen molar-refractivity contribution in [2.45, 2.75) is 26.4 Å². The highest BCUT2D eigenvalue weighted by Gasteiger charge is 2.18. The standard InChI is InChI=1S/C18H20ClNO3/c1-3-17(23-16-7-5-6-13(19)12-16)18(21)20-14-8-10-15(11-9-14)22-4-2/h5-12,17H,3-4H2,1-2H3,(H,20,21)/t17-/m0/s1. The molecule has 2 rings (SSSR count). The van der Waals surface area contributed by atoms with E-state index in [-0.39, 0.29) is 5.91 Å². The number of hydrogen-bond donors (Lipinski definition) is 1. The van der Waals surface area contributed by atoms with Crippen LogP contribution in [0.3, 0.4) is 0 Å². The first-order valence-corrected chi connectivity index (χ1v) is 7.96. The van der Waals surface area contributed by atoms with Crippen molar-refractivity contribution < 1.29 is 14.3 Å². The summed E-state index contributed by atoms with van der Waals surface area (Å²) in [4.78, 5) is 12.3. The van der Waals surface area contributed by atoms with Gasteiger partial charge in [0.2, 0.25) is 0 Å². The largest absolute Gasteiger partial charge is 0.494 e. The molecule has 122 valence electrons. The van der Waals surface area contributed by atoms with Gasteiger partial charge in [0.1, 0.15) is 11.5 Å². The lowest BCUT2D eigenvalue weighted by atomic mass is 10.2. The molecule has 0 fully saturated rings. The number of halogens is 1. The topological polar surface area (TPSA) is 47.6 Å². The lowest BCUT2D eigenvalue weighted by molar-refractivity contribution is -0.122. The first-order valence-electron chi connectivity index (χ1n) is 7.58. The monoisotopic (exact) mass is 333 g/mol. The molecule has 1 atom stereocenters. The van der Waals surface area contributed by atoms with Gasteiger partial charge in [-0.3, -0.25) is 4.79 Å². The SMILES string of the molecule is CCOc1ccc(NC(=O)[C@H](CC)Oc2cccc(Cl)c2)cc1. The van der Waals surface area contributed by atoms with E-state index in [1.807, 2.05) is 26.0 Å². The zero-order valence-electron chi connectivity index (χ0n) is 13.2. The van der Waals surface area contributed by atoms with Gasteiger partial charge in [-0.1, -0.05) is 24.6 Å². The summed E-state index contributed by atoms with van der Waals surface area (Å²) in [6, 6.07) is 14.2. The van der Waals surface area contributed by atoms with Crippen LogP contribution in [0.1, 0.15) is 20.3 Å². The lowest BCUT2D eigenvalue weighted by Gasteiger charge is -2.17. The zero-order valence-corrected chi connectivity index (χ0v) is 14.0. The van der Waals surface area contributed by atoms with Crippen LogP contribution in [0, 0.1) is 0 Å². The number of nitrogens with one attached hydrogen (secondary N) is 1. The quantitative estimate of drug-likeness (QED) is 0.809. The zero-order chi connectivity index (χ0) is 16.7. The fourth-order valence-electron chi connectivity index (χ4n) is 2.05. The molecule has 0 radical (unpaired) electrons. The molecule has 0 heterocycles. The van der Waals surface area contributed by atoms with Crippen molar-refractivity contribution in [3.8, 4) is 11.5 Å². The number of carbonyl (C=O) groups excluding carboxylic acids is 1. The van der Waals surface area contributed by atoms with Crippen LogP contribution >= 0.6 is 11.6 Å². The molecule has 1 N–H and O–H groups in total. The van der Waals surface area contributed by atoms with E-state index in [2.05, 4.69) is 5.32 Å². The van der Waals surface area contributed by atoms with Crippen LogP contribution in [-0.4, -0.2) is 18.6 Å². The van der Waals surface area contributed by atoms with Gasteiger partial charge in [0.05, 0.1) is 6.61 Å². The summed E-state index contributed by atoms with van der Waals surface area (Å²) in [5.41, 5.74) is 0.701. The molecule has 23 heavy (non-hydrogen) atoms. The molecule has 1 amide bonds. The maximum atomic E-state index is 12.3. The first-order chi connectivity index (χ1) is 11.1. The van der Waals surface area contributed by atoms with E-state index < -0.39 is 6.10 Å². The molecule has 0 aliphatic rings. The van der Waals surface area contributed by atoms with Crippen LogP contribution in [0.4, 0.5) is 5.69 Å². The van der Waals surface area contributed by atoms with E-state index in [9.17, 15) is 4.79 Å². The minimum atomic E-state index is -0.583. The number of hydrogen-bond acceptors (Lipinski definition) is 3. The first kappa shape index (κ1) is 17.2. The summed E-state index contributed by atoms with van der Waals surface area (Å²) < 4.78 is 11.1. The fourth-order valence-corrected chi connectivity index (χ4v) is 2.23. The summed E-state index contributed by atoms with van der Waals surface area (Å²) in [6.45, 7) is 4.43. The minimum Gasteiger partial charge on any atom is -0.494 e. The molecule has 4 nitrogen and oxygen atoms in total. The average Bonchev–Trinajstić information content (AvgIpc) is 2.54. The number of amides is 1. The third-order valence-electron chi connectivity index (χ3n) is 3.17. The average molecular weight is 334 g/mol. The second kappa shape index (κ2) is 8.44. The maximum absolute atomic E-state index is 12.3. The summed E-state index contributed by atoms with van der Waals surface area (Å²) in [7, 11) is 0. The number of ether oxygens (including phenoxy) is 2. The molecule has 0 spiro atoms. The van der Waals surface area contributed by atoms with Crippen molar-refractivity contribution in [2.75, 3.05) is 11.9 Å². The number of carbonyl (C=O) groups is 1. The predicted molar refractivity (Wildman–Crippen MR) is 92.4 cm³/mol. The molecule has 5 heteroatoms. The maximum Gasteiger partial charge on any atom is 0.265 e. The number of anilines is 1. The van der Waals surface area contributed by atoms with Gasteiger partial charge in [0.25, 0.3) is 5.91 Å². The van der Waals surface area contributed by atoms with Crippen LogP contribution < -0.4 is 14.8 Å². The van der Waals surface area contributed by atoms with Gasteiger partial charge in [-0.2, -0.15) is 0 Å². The second-order valence-corrected chi connectivity index (χ2v) is 5.36. The van der Waals surface area contributed by atoms with Gasteiger partial charge in [0.15, 0.2) is 6.10 Å². The third-order valence-corrected chi connectivity index (χ3v) is 3.41. The van der Waals surface area contributed by atoms with E-state index in [0.717, 1.165) is 5.75 Å². The van der Waals surface area contributed by atoms with Crippen LogP contribution in [0.5, 0.6) is 11.5 Å². The molecule has 0 aliphatic carbocycles. The van der Waals surface area contributed by atoms with Crippen LogP contribution in [0.15, 0.2) is 48.5 Å². The predicted octanol–water partition coefficient (Wildman–Crippen LogP) is 4.53. The van der Waals surface area contributed by atoms with Crippen molar-refractivity contribution in [3.63, 3.8) is 0 Å². The van der Waals surface area contributed by atoms with Crippen molar-refractivity contribution in [1.82, 2.24) is 0 Å². The molecule has 2 aromatic carbocycles. The third kappa shape index (κ3) is 5.18.